The highest BCUT2D eigenvalue weighted by Gasteiger charge is 2.38. The van der Waals surface area contributed by atoms with Gasteiger partial charge in [0, 0.05) is 0 Å². The summed E-state index contributed by atoms with van der Waals surface area (Å²) in [5.41, 5.74) is -1.73. The molecule has 0 spiro atoms. The van der Waals surface area contributed by atoms with Crippen molar-refractivity contribution in [1.29, 1.82) is 0 Å². The van der Waals surface area contributed by atoms with Gasteiger partial charge in [-0.3, -0.25) is 9.48 Å². The van der Waals surface area contributed by atoms with Gasteiger partial charge in [0.25, 0.3) is 5.56 Å². The van der Waals surface area contributed by atoms with Crippen LogP contribution in [0.2, 0.25) is 0 Å². The molecular formula is C18H17F3N4O5. The Morgan fingerprint density at radius 1 is 1.20 bits per heavy atom. The number of hydrogen-bond donors (Lipinski definition) is 1. The maximum absolute atomic E-state index is 13.5. The highest BCUT2D eigenvalue weighted by molar-refractivity contribution is 5.80. The molecule has 1 aromatic carbocycles. The lowest BCUT2D eigenvalue weighted by atomic mass is 10.2. The van der Waals surface area contributed by atoms with Gasteiger partial charge in [-0.25, -0.2) is 9.48 Å². The Morgan fingerprint density at radius 3 is 2.50 bits per heavy atom. The zero-order chi connectivity index (χ0) is 21.9. The standard InChI is InChI=1S/C18H17F3N4O5/c1-29-12-4-2-11(3-5-12)9-25-17(28)15-13(8-22-25)24(6-7-30-10-14(26)27)23-16(15)18(19,20)21/h2-5,8H,6-7,9-10H2,1H3,(H,26,27). The minimum Gasteiger partial charge on any atom is -0.497 e. The summed E-state index contributed by atoms with van der Waals surface area (Å²) >= 11 is 0. The highest BCUT2D eigenvalue weighted by Crippen LogP contribution is 2.32. The summed E-state index contributed by atoms with van der Waals surface area (Å²) in [6.07, 6.45) is -3.73. The molecule has 2 heterocycles. The van der Waals surface area contributed by atoms with Crippen LogP contribution in [0.25, 0.3) is 10.9 Å². The molecule has 0 amide bonds. The van der Waals surface area contributed by atoms with Crippen LogP contribution in [-0.4, -0.2) is 51.0 Å². The first-order valence-electron chi connectivity index (χ1n) is 8.67. The number of aliphatic carboxylic acids is 1. The molecule has 0 saturated carbocycles. The fourth-order valence-electron chi connectivity index (χ4n) is 2.82. The van der Waals surface area contributed by atoms with E-state index in [0.29, 0.717) is 11.3 Å². The van der Waals surface area contributed by atoms with Crippen LogP contribution in [0, 0.1) is 0 Å². The van der Waals surface area contributed by atoms with E-state index in [9.17, 15) is 22.8 Å². The lowest BCUT2D eigenvalue weighted by Gasteiger charge is -2.07. The molecule has 0 aliphatic rings. The zero-order valence-electron chi connectivity index (χ0n) is 15.7. The molecular weight excluding hydrogens is 409 g/mol. The molecule has 0 aliphatic carbocycles. The zero-order valence-corrected chi connectivity index (χ0v) is 15.7. The molecule has 12 heteroatoms. The summed E-state index contributed by atoms with van der Waals surface area (Å²) < 4.78 is 52.2. The Labute approximate surface area is 167 Å². The molecule has 0 bridgehead atoms. The number of rotatable bonds is 8. The third-order valence-corrected chi connectivity index (χ3v) is 4.19. The largest absolute Gasteiger partial charge is 0.497 e. The average molecular weight is 426 g/mol. The van der Waals surface area contributed by atoms with Crippen LogP contribution >= 0.6 is 0 Å². The Balaban J connectivity index is 1.97. The SMILES string of the molecule is COc1ccc(Cn2ncc3c(c(C(F)(F)F)nn3CCOCC(=O)O)c2=O)cc1. The molecule has 0 atom stereocenters. The first-order chi connectivity index (χ1) is 14.2. The van der Waals surface area contributed by atoms with E-state index in [1.807, 2.05) is 0 Å². The van der Waals surface area contributed by atoms with Crippen molar-refractivity contribution in [2.24, 2.45) is 0 Å². The van der Waals surface area contributed by atoms with Crippen LogP contribution in [0.5, 0.6) is 5.75 Å². The predicted octanol–water partition coefficient (Wildman–Crippen LogP) is 1.77. The number of carboxylic acid groups (broad SMARTS) is 1. The van der Waals surface area contributed by atoms with Gasteiger partial charge in [0.2, 0.25) is 0 Å². The molecule has 160 valence electrons. The fourth-order valence-corrected chi connectivity index (χ4v) is 2.82. The smallest absolute Gasteiger partial charge is 0.435 e. The van der Waals surface area contributed by atoms with Crippen LogP contribution in [0.4, 0.5) is 13.2 Å². The quantitative estimate of drug-likeness (QED) is 0.547. The molecule has 30 heavy (non-hydrogen) atoms. The summed E-state index contributed by atoms with van der Waals surface area (Å²) in [4.78, 5) is 23.2. The van der Waals surface area contributed by atoms with E-state index in [0.717, 1.165) is 15.6 Å². The number of ether oxygens (including phenoxy) is 2. The average Bonchev–Trinajstić information content (AvgIpc) is 3.08. The predicted molar refractivity (Wildman–Crippen MR) is 97.3 cm³/mol. The van der Waals surface area contributed by atoms with Gasteiger partial charge in [-0.1, -0.05) is 12.1 Å². The lowest BCUT2D eigenvalue weighted by molar-refractivity contribution is -0.142. The molecule has 9 nitrogen and oxygen atoms in total. The topological polar surface area (TPSA) is 108 Å². The summed E-state index contributed by atoms with van der Waals surface area (Å²) in [7, 11) is 1.50. The van der Waals surface area contributed by atoms with Gasteiger partial charge in [-0.15, -0.1) is 0 Å². The van der Waals surface area contributed by atoms with E-state index in [1.54, 1.807) is 24.3 Å². The first kappa shape index (κ1) is 21.3. The van der Waals surface area contributed by atoms with Crippen LogP contribution in [0.3, 0.4) is 0 Å². The Bertz CT molecular complexity index is 1110. The second-order valence-electron chi connectivity index (χ2n) is 6.23. The normalized spacial score (nSPS) is 11.7. The van der Waals surface area contributed by atoms with E-state index in [-0.39, 0.29) is 25.2 Å². The van der Waals surface area contributed by atoms with Gasteiger partial charge in [0.1, 0.15) is 17.7 Å². The van der Waals surface area contributed by atoms with Gasteiger partial charge >= 0.3 is 12.1 Å². The molecule has 3 rings (SSSR count). The second-order valence-corrected chi connectivity index (χ2v) is 6.23. The number of carboxylic acids is 1. The Kier molecular flexibility index (Phi) is 6.06. The summed E-state index contributed by atoms with van der Waals surface area (Å²) in [5, 5.41) is 15.4. The van der Waals surface area contributed by atoms with Crippen molar-refractivity contribution in [3.63, 3.8) is 0 Å². The molecule has 3 aromatic rings. The molecule has 0 aliphatic heterocycles. The summed E-state index contributed by atoms with van der Waals surface area (Å²) in [6.45, 7) is -1.01. The number of hydrogen-bond acceptors (Lipinski definition) is 6. The fraction of sp³-hybridized carbons (Fsp3) is 0.333. The minimum atomic E-state index is -4.86. The number of methoxy groups -OCH3 is 1. The van der Waals surface area contributed by atoms with Crippen molar-refractivity contribution in [3.05, 3.63) is 52.1 Å². The van der Waals surface area contributed by atoms with E-state index >= 15 is 0 Å². The number of fused-ring (bicyclic) bond motifs is 1. The number of nitrogens with zero attached hydrogens (tertiary/aromatic N) is 4. The number of aromatic nitrogens is 4. The second kappa shape index (κ2) is 8.53. The molecule has 0 saturated heterocycles. The maximum Gasteiger partial charge on any atom is 0.435 e. The molecule has 0 unspecified atom stereocenters. The lowest BCUT2D eigenvalue weighted by Crippen LogP contribution is -2.25. The molecule has 1 N–H and O–H groups in total. The molecule has 0 radical (unpaired) electrons. The van der Waals surface area contributed by atoms with Crippen molar-refractivity contribution in [2.75, 3.05) is 20.3 Å². The van der Waals surface area contributed by atoms with Crippen molar-refractivity contribution in [1.82, 2.24) is 19.6 Å². The minimum absolute atomic E-state index is 0.0387. The Hall–Kier alpha value is -3.41. The van der Waals surface area contributed by atoms with E-state index in [4.69, 9.17) is 14.6 Å². The van der Waals surface area contributed by atoms with Gasteiger partial charge in [-0.2, -0.15) is 23.4 Å². The van der Waals surface area contributed by atoms with Crippen LogP contribution in [0.15, 0.2) is 35.3 Å². The van der Waals surface area contributed by atoms with Crippen molar-refractivity contribution >= 4 is 16.9 Å². The van der Waals surface area contributed by atoms with E-state index < -0.39 is 35.4 Å². The molecule has 0 fully saturated rings. The van der Waals surface area contributed by atoms with E-state index in [2.05, 4.69) is 10.2 Å². The summed E-state index contributed by atoms with van der Waals surface area (Å²) in [6, 6.07) is 6.67. The number of benzene rings is 1. The highest BCUT2D eigenvalue weighted by atomic mass is 19.4. The Morgan fingerprint density at radius 2 is 1.90 bits per heavy atom. The monoisotopic (exact) mass is 426 g/mol. The third-order valence-electron chi connectivity index (χ3n) is 4.19. The maximum atomic E-state index is 13.5. The van der Waals surface area contributed by atoms with Crippen LogP contribution in [-0.2, 0) is 28.8 Å². The van der Waals surface area contributed by atoms with Gasteiger partial charge < -0.3 is 14.6 Å². The first-order valence-corrected chi connectivity index (χ1v) is 8.67. The van der Waals surface area contributed by atoms with Crippen molar-refractivity contribution in [3.8, 4) is 5.75 Å². The van der Waals surface area contributed by atoms with Crippen molar-refractivity contribution in [2.45, 2.75) is 19.3 Å². The van der Waals surface area contributed by atoms with Crippen LogP contribution < -0.4 is 10.3 Å². The van der Waals surface area contributed by atoms with Gasteiger partial charge in [-0.05, 0) is 17.7 Å². The van der Waals surface area contributed by atoms with Crippen LogP contribution in [0.1, 0.15) is 11.3 Å². The van der Waals surface area contributed by atoms with Gasteiger partial charge in [0.05, 0.1) is 38.5 Å². The number of alkyl halides is 3. The number of carbonyl (C=O) groups is 1. The summed E-state index contributed by atoms with van der Waals surface area (Å²) in [5.74, 6) is -0.611. The van der Waals surface area contributed by atoms with Crippen molar-refractivity contribution < 1.29 is 32.5 Å². The molecule has 2 aromatic heterocycles. The van der Waals surface area contributed by atoms with E-state index in [1.165, 1.54) is 7.11 Å². The third kappa shape index (κ3) is 4.59. The number of halogens is 3. The van der Waals surface area contributed by atoms with Gasteiger partial charge in [0.15, 0.2) is 5.69 Å².